The first-order chi connectivity index (χ1) is 6.29. The third kappa shape index (κ3) is 2.16. The Morgan fingerprint density at radius 2 is 2.14 bits per heavy atom. The highest BCUT2D eigenvalue weighted by molar-refractivity contribution is 5.20. The van der Waals surface area contributed by atoms with E-state index in [4.69, 9.17) is 5.26 Å². The van der Waals surface area contributed by atoms with Crippen LogP contribution in [0.1, 0.15) is 40.5 Å². The Labute approximate surface area is 86.2 Å². The zero-order chi connectivity index (χ0) is 11.0. The Morgan fingerprint density at radius 3 is 2.57 bits per heavy atom. The summed E-state index contributed by atoms with van der Waals surface area (Å²) >= 11 is 0. The fourth-order valence-corrected chi connectivity index (χ4v) is 2.50. The maximum Gasteiger partial charge on any atom is 0.0990 e. The van der Waals surface area contributed by atoms with E-state index in [2.05, 4.69) is 19.9 Å². The number of aliphatic hydroxyl groups is 1. The van der Waals surface area contributed by atoms with Crippen LogP contribution >= 0.6 is 0 Å². The van der Waals surface area contributed by atoms with Gasteiger partial charge in [0.25, 0.3) is 0 Å². The van der Waals surface area contributed by atoms with Crippen molar-refractivity contribution >= 4 is 0 Å². The minimum absolute atomic E-state index is 0.0959. The zero-order valence-corrected chi connectivity index (χ0v) is 9.46. The fraction of sp³-hybridized carbons (Fsp3) is 0.750. The topological polar surface area (TPSA) is 44.0 Å². The first-order valence-corrected chi connectivity index (χ1v) is 5.09. The van der Waals surface area contributed by atoms with Crippen LogP contribution in [0.4, 0.5) is 0 Å². The molecule has 0 aromatic carbocycles. The first kappa shape index (κ1) is 11.3. The highest BCUT2D eigenvalue weighted by atomic mass is 16.3. The molecule has 0 spiro atoms. The van der Waals surface area contributed by atoms with Crippen molar-refractivity contribution in [3.63, 3.8) is 0 Å². The van der Waals surface area contributed by atoms with E-state index in [9.17, 15) is 5.11 Å². The van der Waals surface area contributed by atoms with E-state index in [0.29, 0.717) is 6.42 Å². The van der Waals surface area contributed by atoms with Gasteiger partial charge in [0.1, 0.15) is 0 Å². The second kappa shape index (κ2) is 3.40. The molecule has 1 N–H and O–H groups in total. The van der Waals surface area contributed by atoms with Crippen molar-refractivity contribution in [3.05, 3.63) is 11.6 Å². The third-order valence-corrected chi connectivity index (χ3v) is 2.96. The molecule has 1 aliphatic rings. The summed E-state index contributed by atoms with van der Waals surface area (Å²) in [5.41, 5.74) is 0.352. The van der Waals surface area contributed by atoms with Gasteiger partial charge < -0.3 is 5.11 Å². The van der Waals surface area contributed by atoms with Crippen molar-refractivity contribution < 1.29 is 5.11 Å². The number of hydrogen-bond acceptors (Lipinski definition) is 2. The second-order valence-electron chi connectivity index (χ2n) is 5.35. The Balaban J connectivity index is 3.02. The summed E-state index contributed by atoms with van der Waals surface area (Å²) in [5.74, 6) is -0.336. The van der Waals surface area contributed by atoms with Gasteiger partial charge in [-0.3, -0.25) is 0 Å². The van der Waals surface area contributed by atoms with Gasteiger partial charge in [-0.1, -0.05) is 25.5 Å². The SMILES string of the molecule is CC1=CC(O)(C(C)C#N)CC(C)(C)C1. The van der Waals surface area contributed by atoms with Crippen LogP contribution in [-0.4, -0.2) is 10.7 Å². The number of hydrogen-bond donors (Lipinski definition) is 1. The number of nitriles is 1. The molecule has 0 saturated carbocycles. The van der Waals surface area contributed by atoms with E-state index in [0.717, 1.165) is 6.42 Å². The standard InChI is InChI=1S/C12H19NO/c1-9-5-11(3,4)8-12(14,6-9)10(2)7-13/h6,10,14H,5,8H2,1-4H3. The third-order valence-electron chi connectivity index (χ3n) is 2.96. The van der Waals surface area contributed by atoms with Crippen LogP contribution in [0.2, 0.25) is 0 Å². The lowest BCUT2D eigenvalue weighted by Crippen LogP contribution is -2.41. The maximum atomic E-state index is 10.3. The number of rotatable bonds is 1. The summed E-state index contributed by atoms with van der Waals surface area (Å²) in [6.07, 6.45) is 3.55. The van der Waals surface area contributed by atoms with E-state index >= 15 is 0 Å². The Morgan fingerprint density at radius 1 is 1.57 bits per heavy atom. The Bertz CT molecular complexity index is 298. The molecule has 0 amide bonds. The van der Waals surface area contributed by atoms with Crippen LogP contribution in [-0.2, 0) is 0 Å². The summed E-state index contributed by atoms with van der Waals surface area (Å²) in [6.45, 7) is 8.08. The molecule has 0 aromatic heterocycles. The summed E-state index contributed by atoms with van der Waals surface area (Å²) in [6, 6.07) is 2.14. The lowest BCUT2D eigenvalue weighted by molar-refractivity contribution is 0.00403. The molecule has 0 aromatic rings. The van der Waals surface area contributed by atoms with Crippen molar-refractivity contribution in [2.45, 2.75) is 46.1 Å². The molecule has 14 heavy (non-hydrogen) atoms. The van der Waals surface area contributed by atoms with Crippen LogP contribution < -0.4 is 0 Å². The molecule has 0 aliphatic heterocycles. The Kier molecular flexibility index (Phi) is 2.74. The van der Waals surface area contributed by atoms with Crippen LogP contribution in [0.3, 0.4) is 0 Å². The molecule has 0 radical (unpaired) electrons. The monoisotopic (exact) mass is 193 g/mol. The van der Waals surface area contributed by atoms with Gasteiger partial charge in [-0.25, -0.2) is 0 Å². The predicted octanol–water partition coefficient (Wildman–Crippen LogP) is 2.64. The molecule has 78 valence electrons. The van der Waals surface area contributed by atoms with E-state index in [1.165, 1.54) is 5.57 Å². The summed E-state index contributed by atoms with van der Waals surface area (Å²) in [7, 11) is 0. The smallest absolute Gasteiger partial charge is 0.0990 e. The minimum Gasteiger partial charge on any atom is -0.384 e. The summed E-state index contributed by atoms with van der Waals surface area (Å²) in [4.78, 5) is 0. The van der Waals surface area contributed by atoms with Gasteiger partial charge in [0.15, 0.2) is 0 Å². The second-order valence-corrected chi connectivity index (χ2v) is 5.35. The van der Waals surface area contributed by atoms with E-state index in [-0.39, 0.29) is 11.3 Å². The highest BCUT2D eigenvalue weighted by Crippen LogP contribution is 2.42. The lowest BCUT2D eigenvalue weighted by atomic mass is 9.67. The predicted molar refractivity (Wildman–Crippen MR) is 56.5 cm³/mol. The largest absolute Gasteiger partial charge is 0.384 e. The van der Waals surface area contributed by atoms with E-state index in [1.807, 2.05) is 13.0 Å². The summed E-state index contributed by atoms with van der Waals surface area (Å²) in [5, 5.41) is 19.2. The van der Waals surface area contributed by atoms with Crippen molar-refractivity contribution in [3.8, 4) is 6.07 Å². The molecule has 0 saturated heterocycles. The van der Waals surface area contributed by atoms with Gasteiger partial charge in [-0.15, -0.1) is 0 Å². The fourth-order valence-electron chi connectivity index (χ4n) is 2.50. The zero-order valence-electron chi connectivity index (χ0n) is 9.46. The molecular formula is C12H19NO. The van der Waals surface area contributed by atoms with Gasteiger partial charge in [0.2, 0.25) is 0 Å². The van der Waals surface area contributed by atoms with Crippen molar-refractivity contribution in [2.24, 2.45) is 11.3 Å². The van der Waals surface area contributed by atoms with Crippen LogP contribution in [0, 0.1) is 22.7 Å². The molecule has 2 unspecified atom stereocenters. The molecular weight excluding hydrogens is 174 g/mol. The Hall–Kier alpha value is -0.810. The average Bonchev–Trinajstić information content (AvgIpc) is 1.98. The van der Waals surface area contributed by atoms with Crippen molar-refractivity contribution in [2.75, 3.05) is 0 Å². The van der Waals surface area contributed by atoms with Gasteiger partial charge in [0, 0.05) is 0 Å². The molecule has 2 atom stereocenters. The number of nitrogens with zero attached hydrogens (tertiary/aromatic N) is 1. The maximum absolute atomic E-state index is 10.3. The normalized spacial score (nSPS) is 33.0. The molecule has 1 rings (SSSR count). The van der Waals surface area contributed by atoms with E-state index in [1.54, 1.807) is 6.92 Å². The van der Waals surface area contributed by atoms with Gasteiger partial charge >= 0.3 is 0 Å². The highest BCUT2D eigenvalue weighted by Gasteiger charge is 2.40. The average molecular weight is 193 g/mol. The molecule has 2 heteroatoms. The van der Waals surface area contributed by atoms with Crippen LogP contribution in [0.5, 0.6) is 0 Å². The van der Waals surface area contributed by atoms with Crippen molar-refractivity contribution in [1.29, 1.82) is 5.26 Å². The first-order valence-electron chi connectivity index (χ1n) is 5.09. The molecule has 2 nitrogen and oxygen atoms in total. The van der Waals surface area contributed by atoms with Gasteiger partial charge in [0.05, 0.1) is 17.6 Å². The molecule has 1 aliphatic carbocycles. The molecule has 0 heterocycles. The van der Waals surface area contributed by atoms with E-state index < -0.39 is 5.60 Å². The lowest BCUT2D eigenvalue weighted by Gasteiger charge is -2.41. The van der Waals surface area contributed by atoms with Crippen molar-refractivity contribution in [1.82, 2.24) is 0 Å². The minimum atomic E-state index is -0.930. The van der Waals surface area contributed by atoms with Crippen LogP contribution in [0.15, 0.2) is 11.6 Å². The van der Waals surface area contributed by atoms with Gasteiger partial charge in [-0.2, -0.15) is 5.26 Å². The molecule has 0 fully saturated rings. The molecule has 0 bridgehead atoms. The quantitative estimate of drug-likeness (QED) is 0.651. The van der Waals surface area contributed by atoms with Crippen LogP contribution in [0.25, 0.3) is 0 Å². The summed E-state index contributed by atoms with van der Waals surface area (Å²) < 4.78 is 0. The number of allylic oxidation sites excluding steroid dienone is 1. The van der Waals surface area contributed by atoms with Gasteiger partial charge in [-0.05, 0) is 32.1 Å².